The van der Waals surface area contributed by atoms with Gasteiger partial charge in [0.2, 0.25) is 0 Å². The molecule has 0 saturated heterocycles. The summed E-state index contributed by atoms with van der Waals surface area (Å²) in [7, 11) is -0.209. The Kier molecular flexibility index (Phi) is 4.99. The Balaban J connectivity index is 2.23. The van der Waals surface area contributed by atoms with E-state index in [1.807, 2.05) is 36.4 Å². The summed E-state index contributed by atoms with van der Waals surface area (Å²) in [5.74, 6) is 1.58. The van der Waals surface area contributed by atoms with E-state index >= 15 is 0 Å². The van der Waals surface area contributed by atoms with Crippen LogP contribution >= 0.6 is 0 Å². The zero-order chi connectivity index (χ0) is 17.1. The highest BCUT2D eigenvalue weighted by Crippen LogP contribution is 2.40. The summed E-state index contributed by atoms with van der Waals surface area (Å²) < 4.78 is 11.9. The Labute approximate surface area is 139 Å². The maximum absolute atomic E-state index is 6.37. The largest absolute Gasteiger partial charge is 0.541 e. The number of ether oxygens (including phenoxy) is 1. The number of aromatic nitrogens is 2. The summed E-state index contributed by atoms with van der Waals surface area (Å²) in [6.45, 7) is 11.2. The molecule has 1 heterocycles. The fourth-order valence-electron chi connectivity index (χ4n) is 1.85. The number of H-pyrrole nitrogens is 1. The first-order valence-corrected chi connectivity index (χ1v) is 10.7. The smallest absolute Gasteiger partial charge is 0.250 e. The Morgan fingerprint density at radius 1 is 1.09 bits per heavy atom. The number of methoxy groups -OCH3 is 1. The minimum Gasteiger partial charge on any atom is -0.541 e. The molecule has 0 aliphatic heterocycles. The maximum atomic E-state index is 6.37. The number of rotatable bonds is 5. The summed E-state index contributed by atoms with van der Waals surface area (Å²) in [5.41, 5.74) is 1.94. The average Bonchev–Trinajstić information content (AvgIpc) is 2.98. The van der Waals surface area contributed by atoms with Crippen LogP contribution in [0.4, 0.5) is 0 Å². The summed E-state index contributed by atoms with van der Waals surface area (Å²) in [6.07, 6.45) is 5.77. The zero-order valence-corrected chi connectivity index (χ0v) is 15.8. The molecule has 0 saturated carbocycles. The molecule has 0 fully saturated rings. The predicted octanol–water partition coefficient (Wildman–Crippen LogP) is 4.97. The van der Waals surface area contributed by atoms with Gasteiger partial charge < -0.3 is 9.16 Å². The third kappa shape index (κ3) is 4.25. The van der Waals surface area contributed by atoms with Crippen molar-refractivity contribution in [2.45, 2.75) is 38.9 Å². The van der Waals surface area contributed by atoms with Crippen molar-refractivity contribution in [3.05, 3.63) is 41.7 Å². The van der Waals surface area contributed by atoms with Crippen molar-refractivity contribution in [1.82, 2.24) is 10.2 Å². The molecule has 1 aromatic heterocycles. The number of nitrogens with one attached hydrogen (secondary N) is 1. The van der Waals surface area contributed by atoms with Gasteiger partial charge in [-0.1, -0.05) is 32.9 Å². The molecular weight excluding hydrogens is 304 g/mol. The van der Waals surface area contributed by atoms with E-state index in [2.05, 4.69) is 44.1 Å². The van der Waals surface area contributed by atoms with Crippen LogP contribution in [0.5, 0.6) is 11.5 Å². The fraction of sp³-hybridized carbons (Fsp3) is 0.389. The van der Waals surface area contributed by atoms with Crippen molar-refractivity contribution in [2.75, 3.05) is 7.11 Å². The van der Waals surface area contributed by atoms with Crippen molar-refractivity contribution >= 4 is 20.5 Å². The molecule has 4 nitrogen and oxygen atoms in total. The van der Waals surface area contributed by atoms with Gasteiger partial charge in [-0.15, -0.1) is 0 Å². The fourth-order valence-corrected chi connectivity index (χ4v) is 2.87. The lowest BCUT2D eigenvalue weighted by atomic mass is 10.2. The number of nitrogens with zero attached hydrogens (tertiary/aromatic N) is 1. The molecule has 0 aliphatic carbocycles. The van der Waals surface area contributed by atoms with Crippen LogP contribution in [0.2, 0.25) is 18.1 Å². The van der Waals surface area contributed by atoms with Crippen LogP contribution < -0.4 is 9.16 Å². The van der Waals surface area contributed by atoms with Gasteiger partial charge >= 0.3 is 0 Å². The van der Waals surface area contributed by atoms with E-state index in [1.54, 1.807) is 13.3 Å². The zero-order valence-electron chi connectivity index (χ0n) is 14.8. The van der Waals surface area contributed by atoms with Gasteiger partial charge in [-0.2, -0.15) is 5.10 Å². The van der Waals surface area contributed by atoms with Crippen LogP contribution in [-0.4, -0.2) is 25.6 Å². The number of aromatic amines is 1. The van der Waals surface area contributed by atoms with E-state index < -0.39 is 8.32 Å². The molecular formula is C18H26N2O2Si. The highest BCUT2D eigenvalue weighted by molar-refractivity contribution is 6.74. The van der Waals surface area contributed by atoms with Gasteiger partial charge in [-0.05, 0) is 48.0 Å². The second kappa shape index (κ2) is 6.62. The van der Waals surface area contributed by atoms with E-state index in [0.717, 1.165) is 22.8 Å². The topological polar surface area (TPSA) is 47.1 Å². The lowest BCUT2D eigenvalue weighted by molar-refractivity contribution is 0.386. The summed E-state index contributed by atoms with van der Waals surface area (Å²) >= 11 is 0. The Hall–Kier alpha value is -2.01. The van der Waals surface area contributed by atoms with Gasteiger partial charge in [0, 0.05) is 6.20 Å². The van der Waals surface area contributed by atoms with Crippen LogP contribution in [0.25, 0.3) is 12.2 Å². The van der Waals surface area contributed by atoms with Gasteiger partial charge in [0.05, 0.1) is 12.8 Å². The van der Waals surface area contributed by atoms with E-state index in [4.69, 9.17) is 9.16 Å². The van der Waals surface area contributed by atoms with E-state index in [9.17, 15) is 0 Å². The van der Waals surface area contributed by atoms with Gasteiger partial charge in [0.1, 0.15) is 5.75 Å². The van der Waals surface area contributed by atoms with Crippen molar-refractivity contribution in [3.8, 4) is 11.5 Å². The Morgan fingerprint density at radius 3 is 2.39 bits per heavy atom. The SMILES string of the molecule is COc1cc(/C=C/c2cc[nH]n2)ccc1O[Si](C)(C)C(C)(C)C. The molecule has 0 atom stereocenters. The molecule has 2 rings (SSSR count). The number of hydrogen-bond acceptors (Lipinski definition) is 3. The summed E-state index contributed by atoms with van der Waals surface area (Å²) in [4.78, 5) is 0. The summed E-state index contributed by atoms with van der Waals surface area (Å²) in [5, 5.41) is 7.05. The second-order valence-electron chi connectivity index (χ2n) is 7.11. The van der Waals surface area contributed by atoms with Crippen LogP contribution in [-0.2, 0) is 0 Å². The lowest BCUT2D eigenvalue weighted by Gasteiger charge is -2.36. The molecule has 1 N–H and O–H groups in total. The van der Waals surface area contributed by atoms with Crippen molar-refractivity contribution < 1.29 is 9.16 Å². The Bertz CT molecular complexity index is 671. The van der Waals surface area contributed by atoms with E-state index in [0.29, 0.717) is 0 Å². The number of hydrogen-bond donors (Lipinski definition) is 1. The quantitative estimate of drug-likeness (QED) is 0.787. The van der Waals surface area contributed by atoms with Gasteiger partial charge in [0.15, 0.2) is 5.75 Å². The molecule has 0 spiro atoms. The Morgan fingerprint density at radius 2 is 1.83 bits per heavy atom. The first-order valence-electron chi connectivity index (χ1n) is 7.78. The molecule has 1 aromatic carbocycles. The highest BCUT2D eigenvalue weighted by Gasteiger charge is 2.39. The molecule has 0 amide bonds. The number of benzene rings is 1. The maximum Gasteiger partial charge on any atom is 0.250 e. The van der Waals surface area contributed by atoms with Crippen LogP contribution in [0.15, 0.2) is 30.5 Å². The molecule has 23 heavy (non-hydrogen) atoms. The van der Waals surface area contributed by atoms with Gasteiger partial charge in [0.25, 0.3) is 8.32 Å². The molecule has 0 unspecified atom stereocenters. The first-order chi connectivity index (χ1) is 10.7. The molecule has 0 bridgehead atoms. The predicted molar refractivity (Wildman–Crippen MR) is 98.3 cm³/mol. The second-order valence-corrected chi connectivity index (χ2v) is 11.8. The third-order valence-electron chi connectivity index (χ3n) is 4.33. The molecule has 0 radical (unpaired) electrons. The molecule has 2 aromatic rings. The van der Waals surface area contributed by atoms with E-state index in [-0.39, 0.29) is 5.04 Å². The van der Waals surface area contributed by atoms with Crippen LogP contribution in [0.1, 0.15) is 32.0 Å². The van der Waals surface area contributed by atoms with Crippen LogP contribution in [0, 0.1) is 0 Å². The standard InChI is InChI=1S/C18H26N2O2Si/c1-18(2,3)23(5,6)22-16-10-8-14(13-17(16)21-4)7-9-15-11-12-19-20-15/h7-13H,1-6H3,(H,19,20)/b9-7+. The van der Waals surface area contributed by atoms with Crippen molar-refractivity contribution in [2.24, 2.45) is 0 Å². The van der Waals surface area contributed by atoms with Crippen LogP contribution in [0.3, 0.4) is 0 Å². The first kappa shape index (κ1) is 17.3. The minimum atomic E-state index is -1.88. The highest BCUT2D eigenvalue weighted by atomic mass is 28.4. The lowest BCUT2D eigenvalue weighted by Crippen LogP contribution is -2.43. The molecule has 5 heteroatoms. The summed E-state index contributed by atoms with van der Waals surface area (Å²) in [6, 6.07) is 7.94. The minimum absolute atomic E-state index is 0.149. The average molecular weight is 331 g/mol. The van der Waals surface area contributed by atoms with Crippen molar-refractivity contribution in [3.63, 3.8) is 0 Å². The van der Waals surface area contributed by atoms with Gasteiger partial charge in [-0.3, -0.25) is 5.10 Å². The third-order valence-corrected chi connectivity index (χ3v) is 8.67. The normalized spacial score (nSPS) is 12.6. The molecule has 124 valence electrons. The van der Waals surface area contributed by atoms with Gasteiger partial charge in [-0.25, -0.2) is 0 Å². The molecule has 0 aliphatic rings. The van der Waals surface area contributed by atoms with E-state index in [1.165, 1.54) is 0 Å². The van der Waals surface area contributed by atoms with Crippen molar-refractivity contribution in [1.29, 1.82) is 0 Å². The monoisotopic (exact) mass is 330 g/mol.